The molecule has 3 aromatic rings. The SMILES string of the molecule is CCOc1cc(C2C(C(=O)Nc3cc(C)ccc3C)C(=O)CC(C)(O)C2C(=O)Nc2cc(C)ccc2C)cc(Br)c1OC(C)C. The molecule has 9 heteroatoms. The van der Waals surface area contributed by atoms with Gasteiger partial charge in [-0.2, -0.15) is 0 Å². The van der Waals surface area contributed by atoms with Gasteiger partial charge in [-0.3, -0.25) is 14.4 Å². The molecule has 45 heavy (non-hydrogen) atoms. The van der Waals surface area contributed by atoms with Crippen LogP contribution in [0.5, 0.6) is 11.5 Å². The van der Waals surface area contributed by atoms with E-state index >= 15 is 0 Å². The van der Waals surface area contributed by atoms with Crippen molar-refractivity contribution in [1.29, 1.82) is 0 Å². The highest BCUT2D eigenvalue weighted by atomic mass is 79.9. The number of anilines is 2. The number of ether oxygens (including phenoxy) is 2. The number of Topliss-reactive ketones (excluding diaryl/α,β-unsaturated/α-hetero) is 1. The van der Waals surface area contributed by atoms with E-state index in [1.807, 2.05) is 84.9 Å². The van der Waals surface area contributed by atoms with Crippen LogP contribution in [0, 0.1) is 39.5 Å². The zero-order valence-corrected chi connectivity index (χ0v) is 28.8. The van der Waals surface area contributed by atoms with Gasteiger partial charge in [-0.05, 0) is 123 Å². The molecule has 4 rings (SSSR count). The molecule has 1 aliphatic rings. The molecule has 3 N–H and O–H groups in total. The summed E-state index contributed by atoms with van der Waals surface area (Å²) < 4.78 is 12.5. The van der Waals surface area contributed by atoms with Gasteiger partial charge in [0.1, 0.15) is 11.7 Å². The molecule has 0 bridgehead atoms. The third-order valence-electron chi connectivity index (χ3n) is 8.20. The molecule has 2 amide bonds. The van der Waals surface area contributed by atoms with Crippen molar-refractivity contribution in [2.75, 3.05) is 17.2 Å². The highest BCUT2D eigenvalue weighted by Crippen LogP contribution is 2.50. The molecule has 0 spiro atoms. The number of halogens is 1. The second kappa shape index (κ2) is 13.7. The zero-order chi connectivity index (χ0) is 33.2. The lowest BCUT2D eigenvalue weighted by atomic mass is 9.61. The fourth-order valence-electron chi connectivity index (χ4n) is 6.05. The normalized spacial score (nSPS) is 21.4. The summed E-state index contributed by atoms with van der Waals surface area (Å²) >= 11 is 3.61. The van der Waals surface area contributed by atoms with Crippen LogP contribution in [-0.4, -0.2) is 41.0 Å². The van der Waals surface area contributed by atoms with Crippen molar-refractivity contribution in [1.82, 2.24) is 0 Å². The quantitative estimate of drug-likeness (QED) is 0.207. The van der Waals surface area contributed by atoms with E-state index in [1.165, 1.54) is 6.92 Å². The first-order chi connectivity index (χ1) is 21.1. The number of carbonyl (C=O) groups is 3. The topological polar surface area (TPSA) is 114 Å². The number of hydrogen-bond donors (Lipinski definition) is 3. The maximum Gasteiger partial charge on any atom is 0.235 e. The highest BCUT2D eigenvalue weighted by molar-refractivity contribution is 9.10. The number of carbonyl (C=O) groups excluding carboxylic acids is 3. The van der Waals surface area contributed by atoms with Crippen molar-refractivity contribution in [3.05, 3.63) is 80.8 Å². The van der Waals surface area contributed by atoms with E-state index in [9.17, 15) is 19.5 Å². The molecular formula is C36H43BrN2O6. The number of aryl methyl sites for hydroxylation is 4. The number of nitrogens with one attached hydrogen (secondary N) is 2. The van der Waals surface area contributed by atoms with Gasteiger partial charge in [0.25, 0.3) is 0 Å². The minimum Gasteiger partial charge on any atom is -0.490 e. The molecule has 1 saturated carbocycles. The fourth-order valence-corrected chi connectivity index (χ4v) is 6.60. The molecule has 0 saturated heterocycles. The van der Waals surface area contributed by atoms with Crippen molar-refractivity contribution < 1.29 is 29.0 Å². The van der Waals surface area contributed by atoms with Crippen LogP contribution in [0.15, 0.2) is 53.0 Å². The second-order valence-electron chi connectivity index (χ2n) is 12.5. The van der Waals surface area contributed by atoms with Crippen LogP contribution in [0.1, 0.15) is 67.9 Å². The van der Waals surface area contributed by atoms with Crippen LogP contribution < -0.4 is 20.1 Å². The first kappa shape index (κ1) is 34.2. The van der Waals surface area contributed by atoms with Gasteiger partial charge < -0.3 is 25.2 Å². The Morgan fingerprint density at radius 3 is 2.04 bits per heavy atom. The van der Waals surface area contributed by atoms with Crippen LogP contribution in [-0.2, 0) is 14.4 Å². The van der Waals surface area contributed by atoms with Crippen molar-refractivity contribution in [3.8, 4) is 11.5 Å². The number of amides is 2. The molecule has 3 aromatic carbocycles. The molecular weight excluding hydrogens is 636 g/mol. The molecule has 240 valence electrons. The summed E-state index contributed by atoms with van der Waals surface area (Å²) in [6.45, 7) is 15.1. The van der Waals surface area contributed by atoms with Crippen molar-refractivity contribution >= 4 is 44.9 Å². The number of ketones is 1. The summed E-state index contributed by atoms with van der Waals surface area (Å²) in [5.41, 5.74) is 3.48. The Bertz CT molecular complexity index is 1620. The summed E-state index contributed by atoms with van der Waals surface area (Å²) in [7, 11) is 0. The van der Waals surface area contributed by atoms with E-state index in [4.69, 9.17) is 9.47 Å². The molecule has 1 aliphatic carbocycles. The molecule has 0 radical (unpaired) electrons. The Labute approximate surface area is 274 Å². The second-order valence-corrected chi connectivity index (χ2v) is 13.4. The number of rotatable bonds is 9. The standard InChI is InChI=1S/C36H43BrN2O6/c1-9-44-29-17-24(16-25(37)33(29)45-19(2)3)30-31(34(41)38-26-14-20(4)10-12-22(26)6)28(40)18-36(8,43)32(30)35(42)39-27-15-21(5)11-13-23(27)7/h10-17,19,30-32,43H,9,18H2,1-8H3,(H,38,41)(H,39,42). The predicted octanol–water partition coefficient (Wildman–Crippen LogP) is 7.19. The van der Waals surface area contributed by atoms with Gasteiger partial charge in [0.2, 0.25) is 11.8 Å². The average Bonchev–Trinajstić information content (AvgIpc) is 2.93. The molecule has 0 aromatic heterocycles. The van der Waals surface area contributed by atoms with Crippen LogP contribution in [0.4, 0.5) is 11.4 Å². The van der Waals surface area contributed by atoms with Gasteiger partial charge in [0.15, 0.2) is 11.5 Å². The van der Waals surface area contributed by atoms with Gasteiger partial charge in [-0.15, -0.1) is 0 Å². The third kappa shape index (κ3) is 7.59. The number of benzene rings is 3. The van der Waals surface area contributed by atoms with Gasteiger partial charge in [-0.25, -0.2) is 0 Å². The average molecular weight is 680 g/mol. The summed E-state index contributed by atoms with van der Waals surface area (Å²) in [4.78, 5) is 42.3. The van der Waals surface area contributed by atoms with Gasteiger partial charge in [0.05, 0.1) is 28.7 Å². The summed E-state index contributed by atoms with van der Waals surface area (Å²) in [5, 5.41) is 17.8. The fraction of sp³-hybridized carbons (Fsp3) is 0.417. The van der Waals surface area contributed by atoms with Crippen LogP contribution in [0.3, 0.4) is 0 Å². The van der Waals surface area contributed by atoms with Gasteiger partial charge in [-0.1, -0.05) is 24.3 Å². The van der Waals surface area contributed by atoms with E-state index < -0.39 is 41.0 Å². The largest absolute Gasteiger partial charge is 0.490 e. The van der Waals surface area contributed by atoms with Crippen LogP contribution in [0.2, 0.25) is 0 Å². The van der Waals surface area contributed by atoms with Crippen LogP contribution in [0.25, 0.3) is 0 Å². The Morgan fingerprint density at radius 2 is 1.51 bits per heavy atom. The number of hydrogen-bond acceptors (Lipinski definition) is 6. The molecule has 4 unspecified atom stereocenters. The van der Waals surface area contributed by atoms with Crippen molar-refractivity contribution in [3.63, 3.8) is 0 Å². The van der Waals surface area contributed by atoms with Crippen molar-refractivity contribution in [2.24, 2.45) is 11.8 Å². The molecule has 8 nitrogen and oxygen atoms in total. The Morgan fingerprint density at radius 1 is 0.956 bits per heavy atom. The summed E-state index contributed by atoms with van der Waals surface area (Å²) in [6, 6.07) is 14.9. The molecule has 0 heterocycles. The number of aliphatic hydroxyl groups is 1. The van der Waals surface area contributed by atoms with Gasteiger partial charge >= 0.3 is 0 Å². The first-order valence-electron chi connectivity index (χ1n) is 15.3. The zero-order valence-electron chi connectivity index (χ0n) is 27.2. The molecule has 4 atom stereocenters. The van der Waals surface area contributed by atoms with Crippen molar-refractivity contribution in [2.45, 2.75) is 79.4 Å². The van der Waals surface area contributed by atoms with E-state index in [0.29, 0.717) is 39.5 Å². The van der Waals surface area contributed by atoms with Gasteiger partial charge in [0, 0.05) is 23.7 Å². The maximum absolute atomic E-state index is 14.3. The Hall–Kier alpha value is -3.69. The summed E-state index contributed by atoms with van der Waals surface area (Å²) in [6.07, 6.45) is -0.525. The molecule has 0 aliphatic heterocycles. The van der Waals surface area contributed by atoms with E-state index in [-0.39, 0.29) is 12.5 Å². The van der Waals surface area contributed by atoms with E-state index in [1.54, 1.807) is 12.1 Å². The monoisotopic (exact) mass is 678 g/mol. The lowest BCUT2D eigenvalue weighted by Gasteiger charge is -2.44. The molecule has 1 fully saturated rings. The lowest BCUT2D eigenvalue weighted by molar-refractivity contribution is -0.150. The van der Waals surface area contributed by atoms with Crippen LogP contribution >= 0.6 is 15.9 Å². The third-order valence-corrected chi connectivity index (χ3v) is 8.79. The van der Waals surface area contributed by atoms with E-state index in [2.05, 4.69) is 26.6 Å². The smallest absolute Gasteiger partial charge is 0.235 e. The first-order valence-corrected chi connectivity index (χ1v) is 16.1. The predicted molar refractivity (Wildman–Crippen MR) is 180 cm³/mol. The van der Waals surface area contributed by atoms with E-state index in [0.717, 1.165) is 22.3 Å². The maximum atomic E-state index is 14.3. The highest BCUT2D eigenvalue weighted by Gasteiger charge is 2.56. The minimum absolute atomic E-state index is 0.157. The lowest BCUT2D eigenvalue weighted by Crippen LogP contribution is -2.56. The Kier molecular flexibility index (Phi) is 10.4. The Balaban J connectivity index is 1.90. The summed E-state index contributed by atoms with van der Waals surface area (Å²) in [5.74, 6) is -4.13. The minimum atomic E-state index is -1.76.